The number of aldehydes is 1. The van der Waals surface area contributed by atoms with Crippen LogP contribution in [0.25, 0.3) is 0 Å². The molecule has 1 N–H and O–H groups in total. The van der Waals surface area contributed by atoms with Crippen LogP contribution >= 0.6 is 0 Å². The summed E-state index contributed by atoms with van der Waals surface area (Å²) in [5.74, 6) is -0.0652. The second-order valence-corrected chi connectivity index (χ2v) is 3.88. The van der Waals surface area contributed by atoms with Crippen LogP contribution < -0.4 is 5.32 Å². The van der Waals surface area contributed by atoms with Gasteiger partial charge >= 0.3 is 0 Å². The lowest BCUT2D eigenvalue weighted by Crippen LogP contribution is -2.40. The molecule has 0 heterocycles. The molecule has 70 valence electrons. The molecule has 0 aliphatic rings. The third kappa shape index (κ3) is 3.51. The van der Waals surface area contributed by atoms with Crippen molar-refractivity contribution in [2.75, 3.05) is 0 Å². The molecular formula is C9H17NO2. The highest BCUT2D eigenvalue weighted by molar-refractivity contribution is 5.84. The van der Waals surface area contributed by atoms with E-state index in [4.69, 9.17) is 0 Å². The lowest BCUT2D eigenvalue weighted by atomic mass is 9.89. The summed E-state index contributed by atoms with van der Waals surface area (Å²) in [6.45, 7) is 7.32. The summed E-state index contributed by atoms with van der Waals surface area (Å²) in [6.07, 6.45) is 1.05. The largest absolute Gasteiger partial charge is 0.353 e. The minimum atomic E-state index is -0.577. The van der Waals surface area contributed by atoms with E-state index in [-0.39, 0.29) is 18.4 Å². The normalized spacial score (nSPS) is 11.4. The first-order valence-electron chi connectivity index (χ1n) is 4.15. The Kier molecular flexibility index (Phi) is 3.93. The van der Waals surface area contributed by atoms with E-state index < -0.39 is 5.41 Å². The van der Waals surface area contributed by atoms with Crippen molar-refractivity contribution in [3.05, 3.63) is 0 Å². The van der Waals surface area contributed by atoms with Gasteiger partial charge in [0, 0.05) is 12.5 Å². The van der Waals surface area contributed by atoms with Crippen molar-refractivity contribution in [2.45, 2.75) is 40.2 Å². The predicted octanol–water partition coefficient (Wildman–Crippen LogP) is 1.13. The van der Waals surface area contributed by atoms with Crippen molar-refractivity contribution >= 4 is 12.2 Å². The molecule has 1 amide bonds. The van der Waals surface area contributed by atoms with E-state index in [0.29, 0.717) is 0 Å². The Morgan fingerprint density at radius 3 is 2.33 bits per heavy atom. The highest BCUT2D eigenvalue weighted by Crippen LogP contribution is 2.18. The Bertz CT molecular complexity index is 173. The summed E-state index contributed by atoms with van der Waals surface area (Å²) in [5, 5.41) is 2.77. The van der Waals surface area contributed by atoms with Crippen LogP contribution in [0, 0.1) is 5.41 Å². The van der Waals surface area contributed by atoms with Gasteiger partial charge in [0.25, 0.3) is 0 Å². The molecule has 12 heavy (non-hydrogen) atoms. The number of hydrogen-bond acceptors (Lipinski definition) is 2. The summed E-state index contributed by atoms with van der Waals surface area (Å²) in [6, 6.07) is 0.128. The van der Waals surface area contributed by atoms with Crippen LogP contribution in [0.5, 0.6) is 0 Å². The Labute approximate surface area is 73.5 Å². The molecule has 0 radical (unpaired) electrons. The molecule has 0 saturated heterocycles. The maximum absolute atomic E-state index is 11.4. The fourth-order valence-corrected chi connectivity index (χ4v) is 0.759. The molecule has 0 fully saturated rings. The minimum Gasteiger partial charge on any atom is -0.353 e. The van der Waals surface area contributed by atoms with Gasteiger partial charge in [0.2, 0.25) is 5.91 Å². The Balaban J connectivity index is 4.14. The first-order valence-corrected chi connectivity index (χ1v) is 4.15. The van der Waals surface area contributed by atoms with Crippen LogP contribution in [0.2, 0.25) is 0 Å². The van der Waals surface area contributed by atoms with Gasteiger partial charge in [0.1, 0.15) is 6.29 Å². The van der Waals surface area contributed by atoms with Crippen molar-refractivity contribution in [3.8, 4) is 0 Å². The van der Waals surface area contributed by atoms with Crippen molar-refractivity contribution in [2.24, 2.45) is 5.41 Å². The smallest absolute Gasteiger partial charge is 0.226 e. The average molecular weight is 171 g/mol. The fourth-order valence-electron chi connectivity index (χ4n) is 0.759. The lowest BCUT2D eigenvalue weighted by molar-refractivity contribution is -0.132. The van der Waals surface area contributed by atoms with E-state index in [1.807, 2.05) is 13.8 Å². The number of carbonyl (C=O) groups is 2. The van der Waals surface area contributed by atoms with E-state index in [2.05, 4.69) is 5.32 Å². The van der Waals surface area contributed by atoms with Crippen LogP contribution in [0.4, 0.5) is 0 Å². The van der Waals surface area contributed by atoms with Gasteiger partial charge < -0.3 is 10.1 Å². The highest BCUT2D eigenvalue weighted by atomic mass is 16.2. The van der Waals surface area contributed by atoms with Gasteiger partial charge in [-0.2, -0.15) is 0 Å². The summed E-state index contributed by atoms with van der Waals surface area (Å²) in [7, 11) is 0. The molecule has 0 bridgehead atoms. The summed E-state index contributed by atoms with van der Waals surface area (Å²) in [5.41, 5.74) is -0.577. The molecule has 0 aromatic rings. The molecule has 0 unspecified atom stereocenters. The molecular weight excluding hydrogens is 154 g/mol. The zero-order chi connectivity index (χ0) is 9.78. The second-order valence-electron chi connectivity index (χ2n) is 3.88. The Hall–Kier alpha value is -0.860. The van der Waals surface area contributed by atoms with E-state index in [9.17, 15) is 9.59 Å². The van der Waals surface area contributed by atoms with Gasteiger partial charge in [-0.05, 0) is 13.8 Å². The fraction of sp³-hybridized carbons (Fsp3) is 0.778. The first kappa shape index (κ1) is 11.1. The van der Waals surface area contributed by atoms with Gasteiger partial charge in [-0.1, -0.05) is 13.8 Å². The number of nitrogens with one attached hydrogen (secondary N) is 1. The Morgan fingerprint density at radius 1 is 1.50 bits per heavy atom. The van der Waals surface area contributed by atoms with Crippen LogP contribution in [-0.2, 0) is 9.59 Å². The number of hydrogen-bond donors (Lipinski definition) is 1. The van der Waals surface area contributed by atoms with Crippen LogP contribution in [0.15, 0.2) is 0 Å². The Morgan fingerprint density at radius 2 is 2.00 bits per heavy atom. The van der Waals surface area contributed by atoms with Gasteiger partial charge in [-0.3, -0.25) is 4.79 Å². The predicted molar refractivity (Wildman–Crippen MR) is 47.7 cm³/mol. The molecule has 0 atom stereocenters. The molecule has 3 heteroatoms. The zero-order valence-electron chi connectivity index (χ0n) is 8.18. The number of amides is 1. The zero-order valence-corrected chi connectivity index (χ0v) is 8.18. The minimum absolute atomic E-state index is 0.0652. The van der Waals surface area contributed by atoms with Gasteiger partial charge in [-0.25, -0.2) is 0 Å². The standard InChI is InChI=1S/C9H17NO2/c1-7(2)10-8(12)9(3,4)5-6-11/h6-7H,5H2,1-4H3,(H,10,12). The molecule has 0 rings (SSSR count). The van der Waals surface area contributed by atoms with Crippen LogP contribution in [-0.4, -0.2) is 18.2 Å². The van der Waals surface area contributed by atoms with E-state index in [1.54, 1.807) is 13.8 Å². The van der Waals surface area contributed by atoms with Crippen LogP contribution in [0.1, 0.15) is 34.1 Å². The van der Waals surface area contributed by atoms with Crippen molar-refractivity contribution in [1.82, 2.24) is 5.32 Å². The van der Waals surface area contributed by atoms with E-state index >= 15 is 0 Å². The van der Waals surface area contributed by atoms with E-state index in [1.165, 1.54) is 0 Å². The average Bonchev–Trinajstić information content (AvgIpc) is 1.85. The highest BCUT2D eigenvalue weighted by Gasteiger charge is 2.27. The maximum atomic E-state index is 11.4. The monoisotopic (exact) mass is 171 g/mol. The van der Waals surface area contributed by atoms with Gasteiger partial charge in [0.15, 0.2) is 0 Å². The van der Waals surface area contributed by atoms with Gasteiger partial charge in [0.05, 0.1) is 5.41 Å². The summed E-state index contributed by atoms with van der Waals surface area (Å²) < 4.78 is 0. The van der Waals surface area contributed by atoms with E-state index in [0.717, 1.165) is 6.29 Å². The lowest BCUT2D eigenvalue weighted by Gasteiger charge is -2.22. The molecule has 0 aliphatic carbocycles. The SMILES string of the molecule is CC(C)NC(=O)C(C)(C)CC=O. The van der Waals surface area contributed by atoms with Gasteiger partial charge in [-0.15, -0.1) is 0 Å². The summed E-state index contributed by atoms with van der Waals surface area (Å²) in [4.78, 5) is 21.6. The number of rotatable bonds is 4. The third-order valence-electron chi connectivity index (χ3n) is 1.63. The molecule has 0 aromatic carbocycles. The maximum Gasteiger partial charge on any atom is 0.226 e. The van der Waals surface area contributed by atoms with Crippen molar-refractivity contribution in [1.29, 1.82) is 0 Å². The molecule has 3 nitrogen and oxygen atoms in total. The topological polar surface area (TPSA) is 46.2 Å². The second kappa shape index (κ2) is 4.24. The quantitative estimate of drug-likeness (QED) is 0.644. The molecule has 0 saturated carbocycles. The summed E-state index contributed by atoms with van der Waals surface area (Å²) >= 11 is 0. The van der Waals surface area contributed by atoms with Crippen molar-refractivity contribution in [3.63, 3.8) is 0 Å². The molecule has 0 spiro atoms. The van der Waals surface area contributed by atoms with Crippen LogP contribution in [0.3, 0.4) is 0 Å². The third-order valence-corrected chi connectivity index (χ3v) is 1.63. The van der Waals surface area contributed by atoms with Crippen molar-refractivity contribution < 1.29 is 9.59 Å². The first-order chi connectivity index (χ1) is 5.40. The number of carbonyl (C=O) groups excluding carboxylic acids is 2. The molecule has 0 aliphatic heterocycles. The molecule has 0 aromatic heterocycles.